The maximum atomic E-state index is 11.9. The molecule has 5 rings (SSSR count). The van der Waals surface area contributed by atoms with E-state index in [0.29, 0.717) is 11.9 Å². The Hall–Kier alpha value is -3.57. The van der Waals surface area contributed by atoms with Gasteiger partial charge in [-0.25, -0.2) is 4.79 Å². The van der Waals surface area contributed by atoms with E-state index in [9.17, 15) is 15.0 Å². The number of hydrogen-bond donors (Lipinski definition) is 3. The zero-order valence-electron chi connectivity index (χ0n) is 16.4. The zero-order valence-corrected chi connectivity index (χ0v) is 16.4. The minimum absolute atomic E-state index is 0.126. The van der Waals surface area contributed by atoms with Crippen molar-refractivity contribution in [2.24, 2.45) is 0 Å². The molecule has 0 aliphatic carbocycles. The number of aromatic nitrogens is 1. The van der Waals surface area contributed by atoms with Crippen LogP contribution in [-0.2, 0) is 6.54 Å². The van der Waals surface area contributed by atoms with Crippen LogP contribution in [0.25, 0.3) is 27.2 Å². The fourth-order valence-electron chi connectivity index (χ4n) is 4.36. The highest BCUT2D eigenvalue weighted by Crippen LogP contribution is 2.35. The minimum Gasteiger partial charge on any atom is -0.507 e. The molecule has 5 heteroatoms. The van der Waals surface area contributed by atoms with Crippen LogP contribution in [0.4, 0.5) is 0 Å². The Bertz CT molecular complexity index is 1310. The smallest absolute Gasteiger partial charge is 0.337 e. The molecule has 3 aromatic carbocycles. The summed E-state index contributed by atoms with van der Waals surface area (Å²) in [4.78, 5) is 11.9. The molecule has 0 bridgehead atoms. The Balaban J connectivity index is 1.69. The highest BCUT2D eigenvalue weighted by molar-refractivity contribution is 6.05. The van der Waals surface area contributed by atoms with Crippen LogP contribution in [0.5, 0.6) is 5.75 Å². The summed E-state index contributed by atoms with van der Waals surface area (Å²) in [5.74, 6) is -0.869. The van der Waals surface area contributed by atoms with Crippen LogP contribution in [0.1, 0.15) is 27.9 Å². The molecule has 0 saturated heterocycles. The number of nitrogens with zero attached hydrogens (tertiary/aromatic N) is 1. The molecule has 30 heavy (non-hydrogen) atoms. The average molecular weight is 398 g/mol. The van der Waals surface area contributed by atoms with Crippen molar-refractivity contribution in [3.63, 3.8) is 0 Å². The quantitative estimate of drug-likeness (QED) is 0.469. The summed E-state index contributed by atoms with van der Waals surface area (Å²) in [6.45, 7) is 2.18. The summed E-state index contributed by atoms with van der Waals surface area (Å²) < 4.78 is 1.98. The van der Waals surface area contributed by atoms with Crippen LogP contribution in [-0.4, -0.2) is 33.8 Å². The molecule has 0 amide bonds. The molecule has 3 N–H and O–H groups in total. The Kier molecular flexibility index (Phi) is 4.52. The van der Waals surface area contributed by atoms with E-state index in [0.717, 1.165) is 52.5 Å². The molecule has 0 spiro atoms. The minimum atomic E-state index is -0.995. The Labute approximate surface area is 173 Å². The van der Waals surface area contributed by atoms with E-state index in [1.54, 1.807) is 12.3 Å². The van der Waals surface area contributed by atoms with Gasteiger partial charge in [-0.2, -0.15) is 0 Å². The Morgan fingerprint density at radius 3 is 2.70 bits per heavy atom. The fourth-order valence-corrected chi connectivity index (χ4v) is 4.36. The van der Waals surface area contributed by atoms with Gasteiger partial charge in [-0.15, -0.1) is 0 Å². The van der Waals surface area contributed by atoms with Crippen molar-refractivity contribution in [2.75, 3.05) is 13.1 Å². The van der Waals surface area contributed by atoms with Gasteiger partial charge in [0.2, 0.25) is 0 Å². The Morgan fingerprint density at radius 1 is 1.07 bits per heavy atom. The number of benzene rings is 3. The lowest BCUT2D eigenvalue weighted by atomic mass is 9.97. The highest BCUT2D eigenvalue weighted by atomic mass is 16.4. The number of carboxylic acid groups (broad SMARTS) is 1. The predicted octanol–water partition coefficient (Wildman–Crippen LogP) is 4.62. The first-order valence-corrected chi connectivity index (χ1v) is 10.1. The van der Waals surface area contributed by atoms with Crippen LogP contribution in [0.2, 0.25) is 0 Å². The lowest BCUT2D eigenvalue weighted by Crippen LogP contribution is -2.20. The molecule has 1 aromatic heterocycles. The van der Waals surface area contributed by atoms with Gasteiger partial charge in [0.1, 0.15) is 5.75 Å². The van der Waals surface area contributed by atoms with Gasteiger partial charge in [0.05, 0.1) is 11.1 Å². The fraction of sp³-hybridized carbons (Fsp3) is 0.160. The van der Waals surface area contributed by atoms with E-state index in [1.807, 2.05) is 28.8 Å². The molecular formula is C25H22N2O3. The lowest BCUT2D eigenvalue weighted by molar-refractivity contribution is 0.0699. The van der Waals surface area contributed by atoms with Gasteiger partial charge in [0, 0.05) is 30.2 Å². The molecule has 4 aromatic rings. The molecule has 1 aliphatic heterocycles. The van der Waals surface area contributed by atoms with Crippen molar-refractivity contribution in [2.45, 2.75) is 13.0 Å². The van der Waals surface area contributed by atoms with Crippen molar-refractivity contribution in [3.05, 3.63) is 83.6 Å². The third-order valence-electron chi connectivity index (χ3n) is 5.86. The zero-order chi connectivity index (χ0) is 20.7. The monoisotopic (exact) mass is 398 g/mol. The van der Waals surface area contributed by atoms with Crippen LogP contribution in [0.3, 0.4) is 0 Å². The van der Waals surface area contributed by atoms with E-state index in [-0.39, 0.29) is 11.3 Å². The first-order chi connectivity index (χ1) is 14.6. The van der Waals surface area contributed by atoms with Gasteiger partial charge in [-0.3, -0.25) is 0 Å². The van der Waals surface area contributed by atoms with Gasteiger partial charge in [-0.05, 0) is 47.0 Å². The van der Waals surface area contributed by atoms with Gasteiger partial charge in [0.15, 0.2) is 0 Å². The van der Waals surface area contributed by atoms with Crippen LogP contribution >= 0.6 is 0 Å². The third-order valence-corrected chi connectivity index (χ3v) is 5.86. The molecule has 0 radical (unpaired) electrons. The van der Waals surface area contributed by atoms with Crippen molar-refractivity contribution >= 4 is 33.2 Å². The molecule has 0 atom stereocenters. The predicted molar refractivity (Wildman–Crippen MR) is 119 cm³/mol. The van der Waals surface area contributed by atoms with Crippen molar-refractivity contribution in [3.8, 4) is 5.75 Å². The molecule has 0 fully saturated rings. The van der Waals surface area contributed by atoms with Crippen molar-refractivity contribution in [1.29, 1.82) is 0 Å². The van der Waals surface area contributed by atoms with Gasteiger partial charge in [0.25, 0.3) is 0 Å². The standard InChI is InChI=1S/C25H22N2O3/c28-24-13-21-22(25(29)30)15-27(23(21)12-20(24)17-8-10-26-11-9-17)14-18-6-3-5-16-4-1-2-7-19(16)18/h1-8,12-13,15,26,28H,9-11,14H2,(H,29,30). The number of hydrogen-bond acceptors (Lipinski definition) is 3. The SMILES string of the molecule is O=C(O)c1cn(Cc2cccc3ccccc23)c2cc(C3=CCNCC3)c(O)cc12. The van der Waals surface area contributed by atoms with Gasteiger partial charge in [-0.1, -0.05) is 48.5 Å². The normalized spacial score (nSPS) is 14.2. The van der Waals surface area contributed by atoms with Crippen LogP contribution in [0.15, 0.2) is 66.9 Å². The largest absolute Gasteiger partial charge is 0.507 e. The summed E-state index contributed by atoms with van der Waals surface area (Å²) in [5, 5.41) is 26.5. The first-order valence-electron chi connectivity index (χ1n) is 10.1. The lowest BCUT2D eigenvalue weighted by Gasteiger charge is -2.16. The number of rotatable bonds is 4. The maximum Gasteiger partial charge on any atom is 0.337 e. The number of phenols is 1. The van der Waals surface area contributed by atoms with Gasteiger partial charge >= 0.3 is 5.97 Å². The van der Waals surface area contributed by atoms with Gasteiger partial charge < -0.3 is 20.1 Å². The molecule has 2 heterocycles. The van der Waals surface area contributed by atoms with Crippen molar-refractivity contribution in [1.82, 2.24) is 9.88 Å². The van der Waals surface area contributed by atoms with Crippen LogP contribution in [0, 0.1) is 0 Å². The molecule has 0 unspecified atom stereocenters. The van der Waals surface area contributed by atoms with E-state index < -0.39 is 5.97 Å². The number of fused-ring (bicyclic) bond motifs is 2. The summed E-state index contributed by atoms with van der Waals surface area (Å²) in [6, 6.07) is 17.9. The van der Waals surface area contributed by atoms with Crippen LogP contribution < -0.4 is 5.32 Å². The number of carbonyl (C=O) groups is 1. The summed E-state index contributed by atoms with van der Waals surface area (Å²) in [6.07, 6.45) is 4.59. The maximum absolute atomic E-state index is 11.9. The summed E-state index contributed by atoms with van der Waals surface area (Å²) in [5.41, 5.74) is 4.00. The highest BCUT2D eigenvalue weighted by Gasteiger charge is 2.19. The number of phenolic OH excluding ortho intramolecular Hbond substituents is 1. The van der Waals surface area contributed by atoms with E-state index in [1.165, 1.54) is 0 Å². The number of aromatic carboxylic acids is 1. The Morgan fingerprint density at radius 2 is 1.90 bits per heavy atom. The number of aromatic hydroxyl groups is 1. The van der Waals surface area contributed by atoms with E-state index in [4.69, 9.17) is 0 Å². The van der Waals surface area contributed by atoms with Crippen molar-refractivity contribution < 1.29 is 15.0 Å². The second-order valence-electron chi connectivity index (χ2n) is 7.68. The summed E-state index contributed by atoms with van der Waals surface area (Å²) >= 11 is 0. The molecule has 150 valence electrons. The molecule has 0 saturated carbocycles. The molecule has 5 nitrogen and oxygen atoms in total. The number of nitrogens with one attached hydrogen (secondary N) is 1. The number of carboxylic acids is 1. The summed E-state index contributed by atoms with van der Waals surface area (Å²) in [7, 11) is 0. The van der Waals surface area contributed by atoms with E-state index in [2.05, 4.69) is 35.7 Å². The second-order valence-corrected chi connectivity index (χ2v) is 7.68. The second kappa shape index (κ2) is 7.35. The first kappa shape index (κ1) is 18.5. The molecular weight excluding hydrogens is 376 g/mol. The third kappa shape index (κ3) is 3.13. The van der Waals surface area contributed by atoms with E-state index >= 15 is 0 Å². The topological polar surface area (TPSA) is 74.5 Å². The molecule has 1 aliphatic rings. The average Bonchev–Trinajstić information content (AvgIpc) is 3.11.